The normalized spacial score (nSPS) is 24.0. The number of amides is 3. The Morgan fingerprint density at radius 1 is 1.19 bits per heavy atom. The van der Waals surface area contributed by atoms with Crippen molar-refractivity contribution in [3.05, 3.63) is 29.8 Å². The molecule has 0 radical (unpaired) electrons. The van der Waals surface area contributed by atoms with Gasteiger partial charge in [-0.25, -0.2) is 0 Å². The molecular weight excluding hydrogens is 396 g/mol. The molecule has 0 N–H and O–H groups in total. The summed E-state index contributed by atoms with van der Waals surface area (Å²) < 4.78 is 10.6. The summed E-state index contributed by atoms with van der Waals surface area (Å²) in [6.07, 6.45) is 4.49. The molecule has 2 aliphatic rings. The van der Waals surface area contributed by atoms with Crippen LogP contribution in [-0.4, -0.2) is 67.5 Å². The first-order valence-corrected chi connectivity index (χ1v) is 11.2. The lowest BCUT2D eigenvalue weighted by Crippen LogP contribution is -2.48. The quantitative estimate of drug-likeness (QED) is 0.445. The monoisotopic (exact) mass is 430 g/mol. The number of rotatable bonds is 9. The Balaban J connectivity index is 1.97. The maximum Gasteiger partial charge on any atom is 0.241 e. The third-order valence-electron chi connectivity index (χ3n) is 6.63. The van der Waals surface area contributed by atoms with Gasteiger partial charge in [0.05, 0.1) is 12.5 Å². The van der Waals surface area contributed by atoms with Gasteiger partial charge in [0.2, 0.25) is 17.7 Å². The predicted molar refractivity (Wildman–Crippen MR) is 117 cm³/mol. The van der Waals surface area contributed by atoms with Crippen LogP contribution < -0.4 is 4.74 Å². The summed E-state index contributed by atoms with van der Waals surface area (Å²) in [5.74, 6) is -0.0831. The second-order valence-corrected chi connectivity index (χ2v) is 8.48. The van der Waals surface area contributed by atoms with Crippen LogP contribution in [0.3, 0.4) is 0 Å². The zero-order chi connectivity index (χ0) is 22.4. The van der Waals surface area contributed by atoms with Crippen LogP contribution in [0.15, 0.2) is 24.3 Å². The highest BCUT2D eigenvalue weighted by Crippen LogP contribution is 2.44. The molecule has 0 spiro atoms. The number of ether oxygens (including phenoxy) is 2. The van der Waals surface area contributed by atoms with Gasteiger partial charge in [0.25, 0.3) is 0 Å². The number of piperidine rings is 1. The van der Waals surface area contributed by atoms with Crippen LogP contribution in [0.25, 0.3) is 0 Å². The molecule has 1 aromatic rings. The zero-order valence-electron chi connectivity index (χ0n) is 18.9. The molecule has 2 heterocycles. The smallest absolute Gasteiger partial charge is 0.241 e. The number of imide groups is 1. The van der Waals surface area contributed by atoms with E-state index in [9.17, 15) is 14.4 Å². The fourth-order valence-electron chi connectivity index (χ4n) is 4.99. The van der Waals surface area contributed by atoms with Crippen molar-refractivity contribution in [1.82, 2.24) is 9.80 Å². The minimum atomic E-state index is -1.23. The topological polar surface area (TPSA) is 76.2 Å². The average Bonchev–Trinajstić information content (AvgIpc) is 3.03. The number of likely N-dealkylation sites (tertiary alicyclic amines) is 2. The molecule has 7 nitrogen and oxygen atoms in total. The zero-order valence-corrected chi connectivity index (χ0v) is 18.9. The van der Waals surface area contributed by atoms with Gasteiger partial charge in [-0.05, 0) is 38.2 Å². The molecule has 2 atom stereocenters. The van der Waals surface area contributed by atoms with Crippen molar-refractivity contribution in [1.29, 1.82) is 0 Å². The molecule has 2 saturated heterocycles. The van der Waals surface area contributed by atoms with Gasteiger partial charge in [-0.3, -0.25) is 19.3 Å². The van der Waals surface area contributed by atoms with Crippen molar-refractivity contribution in [2.45, 2.75) is 63.3 Å². The molecule has 0 aromatic heterocycles. The lowest BCUT2D eigenvalue weighted by atomic mass is 9.75. The van der Waals surface area contributed by atoms with Crippen molar-refractivity contribution in [3.63, 3.8) is 0 Å². The van der Waals surface area contributed by atoms with Crippen molar-refractivity contribution in [2.75, 3.05) is 33.9 Å². The summed E-state index contributed by atoms with van der Waals surface area (Å²) >= 11 is 0. The van der Waals surface area contributed by atoms with E-state index >= 15 is 0 Å². The van der Waals surface area contributed by atoms with E-state index in [4.69, 9.17) is 9.47 Å². The van der Waals surface area contributed by atoms with Gasteiger partial charge in [-0.2, -0.15) is 0 Å². The minimum absolute atomic E-state index is 0.0183. The van der Waals surface area contributed by atoms with E-state index in [0.717, 1.165) is 25.7 Å². The summed E-state index contributed by atoms with van der Waals surface area (Å²) in [5, 5.41) is 0. The Hall–Kier alpha value is -2.41. The second kappa shape index (κ2) is 10.3. The molecule has 2 fully saturated rings. The Kier molecular flexibility index (Phi) is 7.70. The number of hydrogen-bond acceptors (Lipinski definition) is 5. The average molecular weight is 431 g/mol. The molecule has 3 rings (SSSR count). The molecule has 1 aromatic carbocycles. The number of nitrogens with zero attached hydrogens (tertiary/aromatic N) is 2. The molecule has 31 heavy (non-hydrogen) atoms. The molecule has 0 bridgehead atoms. The summed E-state index contributed by atoms with van der Waals surface area (Å²) in [5.41, 5.74) is -0.618. The van der Waals surface area contributed by atoms with E-state index in [1.165, 1.54) is 4.90 Å². The highest BCUT2D eigenvalue weighted by atomic mass is 16.5. The number of para-hydroxylation sites is 1. The number of carbonyl (C=O) groups excluding carboxylic acids is 3. The summed E-state index contributed by atoms with van der Waals surface area (Å²) in [7, 11) is 3.14. The van der Waals surface area contributed by atoms with Crippen LogP contribution in [0.5, 0.6) is 5.75 Å². The van der Waals surface area contributed by atoms with Crippen LogP contribution in [0, 0.1) is 0 Å². The first-order chi connectivity index (χ1) is 15.0. The summed E-state index contributed by atoms with van der Waals surface area (Å²) in [4.78, 5) is 43.4. The maximum atomic E-state index is 13.7. The van der Waals surface area contributed by atoms with Crippen molar-refractivity contribution in [3.8, 4) is 5.75 Å². The number of benzene rings is 1. The van der Waals surface area contributed by atoms with Gasteiger partial charge in [0.1, 0.15) is 5.75 Å². The molecule has 3 amide bonds. The molecule has 0 saturated carbocycles. The van der Waals surface area contributed by atoms with E-state index < -0.39 is 5.41 Å². The van der Waals surface area contributed by atoms with Crippen molar-refractivity contribution in [2.24, 2.45) is 0 Å². The summed E-state index contributed by atoms with van der Waals surface area (Å²) in [6.45, 7) is 3.55. The second-order valence-electron chi connectivity index (χ2n) is 8.48. The van der Waals surface area contributed by atoms with Crippen LogP contribution in [0.1, 0.15) is 57.4 Å². The highest BCUT2D eigenvalue weighted by Gasteiger charge is 2.55. The third-order valence-corrected chi connectivity index (χ3v) is 6.63. The Labute approximate surface area is 184 Å². The van der Waals surface area contributed by atoms with Gasteiger partial charge in [0.15, 0.2) is 0 Å². The Morgan fingerprint density at radius 2 is 1.97 bits per heavy atom. The van der Waals surface area contributed by atoms with Gasteiger partial charge in [-0.1, -0.05) is 25.1 Å². The largest absolute Gasteiger partial charge is 0.496 e. The molecule has 7 heteroatoms. The van der Waals surface area contributed by atoms with Crippen molar-refractivity contribution >= 4 is 17.7 Å². The van der Waals surface area contributed by atoms with E-state index in [-0.39, 0.29) is 43.1 Å². The van der Waals surface area contributed by atoms with Crippen LogP contribution in [0.2, 0.25) is 0 Å². The van der Waals surface area contributed by atoms with E-state index in [1.807, 2.05) is 23.1 Å². The first-order valence-electron chi connectivity index (χ1n) is 11.2. The molecule has 0 unspecified atom stereocenters. The van der Waals surface area contributed by atoms with E-state index in [0.29, 0.717) is 30.9 Å². The molecule has 2 aliphatic heterocycles. The maximum absolute atomic E-state index is 13.7. The number of methoxy groups -OCH3 is 2. The first kappa shape index (κ1) is 23.3. The number of hydrogen-bond donors (Lipinski definition) is 0. The van der Waals surface area contributed by atoms with Gasteiger partial charge < -0.3 is 14.4 Å². The van der Waals surface area contributed by atoms with Crippen LogP contribution in [0.4, 0.5) is 0 Å². The Morgan fingerprint density at radius 3 is 2.68 bits per heavy atom. The lowest BCUT2D eigenvalue weighted by molar-refractivity contribution is -0.144. The minimum Gasteiger partial charge on any atom is -0.496 e. The molecular formula is C24H34N2O5. The highest BCUT2D eigenvalue weighted by molar-refractivity contribution is 6.11. The van der Waals surface area contributed by atoms with Gasteiger partial charge in [0, 0.05) is 51.3 Å². The Bertz CT molecular complexity index is 811. The predicted octanol–water partition coefficient (Wildman–Crippen LogP) is 2.91. The standard InChI is InChI=1S/C24H34N2O5/c1-4-18-10-7-8-13-25(18)21(27)16-24(19-11-5-6-12-20(19)31-3)17-22(28)26(23(24)29)14-9-15-30-2/h5-6,11-12,18H,4,7-10,13-17H2,1-3H3/t18-,24-/m0/s1. The van der Waals surface area contributed by atoms with E-state index in [1.54, 1.807) is 20.3 Å². The van der Waals surface area contributed by atoms with Gasteiger partial charge >= 0.3 is 0 Å². The SMILES string of the molecule is CC[C@H]1CCCCN1C(=O)C[C@@]1(c2ccccc2OC)CC(=O)N(CCCOC)C1=O. The summed E-state index contributed by atoms with van der Waals surface area (Å²) in [6, 6.07) is 7.44. The third kappa shape index (κ3) is 4.61. The fourth-order valence-corrected chi connectivity index (χ4v) is 4.99. The van der Waals surface area contributed by atoms with Gasteiger partial charge in [-0.15, -0.1) is 0 Å². The lowest BCUT2D eigenvalue weighted by Gasteiger charge is -2.38. The molecule has 0 aliphatic carbocycles. The molecule has 170 valence electrons. The van der Waals surface area contributed by atoms with Crippen LogP contribution >= 0.6 is 0 Å². The fraction of sp³-hybridized carbons (Fsp3) is 0.625. The number of carbonyl (C=O) groups is 3. The van der Waals surface area contributed by atoms with Crippen molar-refractivity contribution < 1.29 is 23.9 Å². The van der Waals surface area contributed by atoms with Crippen LogP contribution in [-0.2, 0) is 24.5 Å². The van der Waals surface area contributed by atoms with E-state index in [2.05, 4.69) is 6.92 Å².